The number of amides is 3. The Balaban J connectivity index is 2.38. The fourth-order valence-corrected chi connectivity index (χ4v) is 3.69. The second-order valence-electron chi connectivity index (χ2n) is 10.7. The molecule has 0 saturated heterocycles. The number of nitrogens with zero attached hydrogens (tertiary/aromatic N) is 1. The number of nitrogens with one attached hydrogen (secondary N) is 2. The molecule has 0 spiro atoms. The highest BCUT2D eigenvalue weighted by molar-refractivity contribution is 5.91. The lowest BCUT2D eigenvalue weighted by Gasteiger charge is -2.43. The Bertz CT molecular complexity index is 848. The average Bonchev–Trinajstić information content (AvgIpc) is 2.57. The van der Waals surface area contributed by atoms with Crippen LogP contribution in [0.25, 0.3) is 0 Å². The zero-order chi connectivity index (χ0) is 24.3. The first-order valence-corrected chi connectivity index (χ1v) is 11.3. The summed E-state index contributed by atoms with van der Waals surface area (Å²) in [6.07, 6.45) is 2.03. The molecule has 0 bridgehead atoms. The van der Waals surface area contributed by atoms with Crippen LogP contribution in [0.2, 0.25) is 0 Å². The van der Waals surface area contributed by atoms with E-state index in [1.165, 1.54) is 0 Å². The number of hydrogen-bond donors (Lipinski definition) is 2. The Morgan fingerprint density at radius 1 is 1.09 bits per heavy atom. The van der Waals surface area contributed by atoms with Crippen molar-refractivity contribution in [2.45, 2.75) is 97.9 Å². The first kappa shape index (κ1) is 25.7. The van der Waals surface area contributed by atoms with Gasteiger partial charge in [-0.05, 0) is 85.8 Å². The van der Waals surface area contributed by atoms with Crippen molar-refractivity contribution < 1.29 is 19.1 Å². The Morgan fingerprint density at radius 2 is 1.72 bits per heavy atom. The van der Waals surface area contributed by atoms with Gasteiger partial charge in [0.25, 0.3) is 0 Å². The average molecular weight is 446 g/mol. The van der Waals surface area contributed by atoms with Gasteiger partial charge in [0.2, 0.25) is 11.8 Å². The molecule has 1 saturated carbocycles. The van der Waals surface area contributed by atoms with E-state index in [0.29, 0.717) is 0 Å². The lowest BCUT2D eigenvalue weighted by atomic mass is 9.87. The van der Waals surface area contributed by atoms with Crippen LogP contribution >= 0.6 is 0 Å². The third kappa shape index (κ3) is 7.24. The highest BCUT2D eigenvalue weighted by Crippen LogP contribution is 2.34. The molecule has 2 N–H and O–H groups in total. The van der Waals surface area contributed by atoms with Gasteiger partial charge in [-0.25, -0.2) is 4.79 Å². The third-order valence-corrected chi connectivity index (χ3v) is 5.29. The van der Waals surface area contributed by atoms with Crippen molar-refractivity contribution in [3.63, 3.8) is 0 Å². The molecule has 0 aliphatic heterocycles. The molecule has 3 amide bonds. The molecule has 1 aromatic rings. The van der Waals surface area contributed by atoms with Gasteiger partial charge in [-0.15, -0.1) is 0 Å². The highest BCUT2D eigenvalue weighted by atomic mass is 16.6. The Kier molecular flexibility index (Phi) is 7.97. The predicted molar refractivity (Wildman–Crippen MR) is 125 cm³/mol. The van der Waals surface area contributed by atoms with Crippen molar-refractivity contribution >= 4 is 17.9 Å². The number of rotatable bonds is 6. The van der Waals surface area contributed by atoms with Crippen molar-refractivity contribution in [2.24, 2.45) is 0 Å². The third-order valence-electron chi connectivity index (χ3n) is 5.29. The summed E-state index contributed by atoms with van der Waals surface area (Å²) in [6, 6.07) is 5.13. The van der Waals surface area contributed by atoms with E-state index in [1.807, 2.05) is 52.8 Å². The molecule has 32 heavy (non-hydrogen) atoms. The largest absolute Gasteiger partial charge is 0.444 e. The number of aryl methyl sites for hydroxylation is 2. The van der Waals surface area contributed by atoms with E-state index in [-0.39, 0.29) is 24.4 Å². The Labute approximate surface area is 192 Å². The highest BCUT2D eigenvalue weighted by Gasteiger charge is 2.40. The molecule has 1 aromatic carbocycles. The summed E-state index contributed by atoms with van der Waals surface area (Å²) in [6.45, 7) is 14.8. The summed E-state index contributed by atoms with van der Waals surface area (Å²) in [5.41, 5.74) is 1.67. The molecule has 1 atom stereocenters. The topological polar surface area (TPSA) is 87.7 Å². The monoisotopic (exact) mass is 445 g/mol. The molecule has 178 valence electrons. The van der Waals surface area contributed by atoms with E-state index in [9.17, 15) is 14.4 Å². The van der Waals surface area contributed by atoms with Crippen LogP contribution in [0.1, 0.15) is 83.5 Å². The summed E-state index contributed by atoms with van der Waals surface area (Å²) in [5, 5.41) is 5.61. The zero-order valence-corrected chi connectivity index (χ0v) is 20.8. The van der Waals surface area contributed by atoms with Crippen LogP contribution in [0.4, 0.5) is 4.79 Å². The van der Waals surface area contributed by atoms with Crippen LogP contribution in [0, 0.1) is 13.8 Å². The van der Waals surface area contributed by atoms with E-state index in [2.05, 4.69) is 10.6 Å². The van der Waals surface area contributed by atoms with Crippen molar-refractivity contribution in [1.29, 1.82) is 0 Å². The molecule has 7 heteroatoms. The Hall–Kier alpha value is -2.57. The minimum Gasteiger partial charge on any atom is -0.444 e. The van der Waals surface area contributed by atoms with Gasteiger partial charge in [-0.3, -0.25) is 9.59 Å². The molecule has 1 unspecified atom stereocenters. The minimum atomic E-state index is -0.771. The number of carbonyl (C=O) groups excluding carboxylic acids is 3. The molecule has 1 aliphatic carbocycles. The summed E-state index contributed by atoms with van der Waals surface area (Å²) in [7, 11) is 0. The maximum Gasteiger partial charge on any atom is 0.408 e. The smallest absolute Gasteiger partial charge is 0.408 e. The standard InChI is InChI=1S/C25H39N3O4/c1-16-12-13-17(2)19(14-16)21(22(30)27-24(3,4)5)28(18-10-9-11-18)20(29)15-26-23(31)32-25(6,7)8/h12-14,18,21H,9-11,15H2,1-8H3,(H,26,31)(H,27,30). The van der Waals surface area contributed by atoms with Gasteiger partial charge in [0.05, 0.1) is 0 Å². The van der Waals surface area contributed by atoms with Crippen molar-refractivity contribution in [2.75, 3.05) is 6.54 Å². The molecule has 0 aromatic heterocycles. The van der Waals surface area contributed by atoms with Gasteiger partial charge < -0.3 is 20.3 Å². The first-order chi connectivity index (χ1) is 14.7. The fraction of sp³-hybridized carbons (Fsp3) is 0.640. The second kappa shape index (κ2) is 9.92. The van der Waals surface area contributed by atoms with Gasteiger partial charge in [0, 0.05) is 11.6 Å². The summed E-state index contributed by atoms with van der Waals surface area (Å²) in [4.78, 5) is 40.7. The SMILES string of the molecule is Cc1ccc(C)c(C(C(=O)NC(C)(C)C)N(C(=O)CNC(=O)OC(C)(C)C)C2CCC2)c1. The van der Waals surface area contributed by atoms with Gasteiger partial charge in [0.15, 0.2) is 0 Å². The molecule has 1 fully saturated rings. The van der Waals surface area contributed by atoms with Crippen LogP contribution in [-0.2, 0) is 14.3 Å². The predicted octanol–water partition coefficient (Wildman–Crippen LogP) is 4.17. The van der Waals surface area contributed by atoms with Crippen molar-refractivity contribution in [3.8, 4) is 0 Å². The minimum absolute atomic E-state index is 0.0430. The van der Waals surface area contributed by atoms with E-state index < -0.39 is 23.3 Å². The van der Waals surface area contributed by atoms with E-state index >= 15 is 0 Å². The van der Waals surface area contributed by atoms with Crippen LogP contribution < -0.4 is 10.6 Å². The molecular formula is C25H39N3O4. The van der Waals surface area contributed by atoms with Gasteiger partial charge in [0.1, 0.15) is 18.2 Å². The van der Waals surface area contributed by atoms with E-state index in [4.69, 9.17) is 4.74 Å². The van der Waals surface area contributed by atoms with Crippen molar-refractivity contribution in [1.82, 2.24) is 15.5 Å². The van der Waals surface area contributed by atoms with Crippen LogP contribution in [0.3, 0.4) is 0 Å². The molecular weight excluding hydrogens is 406 g/mol. The second-order valence-corrected chi connectivity index (χ2v) is 10.7. The molecule has 2 rings (SSSR count). The summed E-state index contributed by atoms with van der Waals surface area (Å²) in [5.74, 6) is -0.515. The maximum atomic E-state index is 13.5. The quantitative estimate of drug-likeness (QED) is 0.688. The molecule has 7 nitrogen and oxygen atoms in total. The van der Waals surface area contributed by atoms with Gasteiger partial charge in [-0.1, -0.05) is 23.8 Å². The number of benzene rings is 1. The zero-order valence-electron chi connectivity index (χ0n) is 20.8. The summed E-state index contributed by atoms with van der Waals surface area (Å²) >= 11 is 0. The lowest BCUT2D eigenvalue weighted by molar-refractivity contribution is -0.145. The maximum absolute atomic E-state index is 13.5. The molecule has 0 heterocycles. The lowest BCUT2D eigenvalue weighted by Crippen LogP contribution is -2.55. The fourth-order valence-electron chi connectivity index (χ4n) is 3.69. The number of ether oxygens (including phenoxy) is 1. The normalized spacial score (nSPS) is 15.4. The number of hydrogen-bond acceptors (Lipinski definition) is 4. The van der Waals surface area contributed by atoms with E-state index in [1.54, 1.807) is 25.7 Å². The first-order valence-electron chi connectivity index (χ1n) is 11.3. The van der Waals surface area contributed by atoms with Crippen LogP contribution in [-0.4, -0.2) is 46.5 Å². The van der Waals surface area contributed by atoms with Gasteiger partial charge in [-0.2, -0.15) is 0 Å². The summed E-state index contributed by atoms with van der Waals surface area (Å²) < 4.78 is 5.26. The van der Waals surface area contributed by atoms with Crippen LogP contribution in [0.15, 0.2) is 18.2 Å². The van der Waals surface area contributed by atoms with Crippen molar-refractivity contribution in [3.05, 3.63) is 34.9 Å². The molecule has 1 aliphatic rings. The van der Waals surface area contributed by atoms with Gasteiger partial charge >= 0.3 is 6.09 Å². The number of alkyl carbamates (subject to hydrolysis) is 1. The Morgan fingerprint density at radius 3 is 2.22 bits per heavy atom. The van der Waals surface area contributed by atoms with E-state index in [0.717, 1.165) is 36.0 Å². The number of carbonyl (C=O) groups is 3. The van der Waals surface area contributed by atoms with Crippen LogP contribution in [0.5, 0.6) is 0 Å². The molecule has 0 radical (unpaired) electrons.